The fraction of sp³-hybridized carbons (Fsp3) is 0.750. The zero-order valence-electron chi connectivity index (χ0n) is 11.4. The maximum atomic E-state index is 12.3. The lowest BCUT2D eigenvalue weighted by Gasteiger charge is -2.34. The van der Waals surface area contributed by atoms with E-state index in [9.17, 15) is 13.2 Å². The van der Waals surface area contributed by atoms with Crippen molar-refractivity contribution >= 4 is 16.5 Å². The Bertz CT molecular complexity index is 413. The van der Waals surface area contributed by atoms with Gasteiger partial charge in [0.05, 0.1) is 6.54 Å². The van der Waals surface area contributed by atoms with E-state index < -0.39 is 12.7 Å². The second-order valence-electron chi connectivity index (χ2n) is 4.83. The Kier molecular flexibility index (Phi) is 5.22. The summed E-state index contributed by atoms with van der Waals surface area (Å²) in [7, 11) is 0. The molecule has 0 radical (unpaired) electrons. The maximum absolute atomic E-state index is 12.3. The lowest BCUT2D eigenvalue weighted by molar-refractivity contribution is -0.149. The number of rotatable bonds is 5. The van der Waals surface area contributed by atoms with Gasteiger partial charge in [0, 0.05) is 50.3 Å². The first-order valence-corrected chi connectivity index (χ1v) is 7.48. The standard InChI is InChI=1S/C12H19F3N4S/c1-2-16-11-17-7-10(20-11)8-18-3-5-19(6-4-18)9-12(13,14)15/h7H,2-6,8-9H2,1H3,(H,16,17). The van der Waals surface area contributed by atoms with Gasteiger partial charge in [-0.1, -0.05) is 0 Å². The van der Waals surface area contributed by atoms with Crippen LogP contribution in [-0.2, 0) is 6.54 Å². The van der Waals surface area contributed by atoms with Crippen molar-refractivity contribution in [2.24, 2.45) is 0 Å². The fourth-order valence-electron chi connectivity index (χ4n) is 2.19. The van der Waals surface area contributed by atoms with Gasteiger partial charge in [-0.25, -0.2) is 4.98 Å². The van der Waals surface area contributed by atoms with Crippen molar-refractivity contribution in [3.8, 4) is 0 Å². The van der Waals surface area contributed by atoms with E-state index in [1.165, 1.54) is 4.90 Å². The highest BCUT2D eigenvalue weighted by molar-refractivity contribution is 7.15. The fourth-order valence-corrected chi connectivity index (χ4v) is 3.12. The third-order valence-electron chi connectivity index (χ3n) is 3.13. The Morgan fingerprint density at radius 2 is 1.90 bits per heavy atom. The molecule has 1 aliphatic rings. The number of piperazine rings is 1. The smallest absolute Gasteiger partial charge is 0.362 e. The zero-order chi connectivity index (χ0) is 14.6. The van der Waals surface area contributed by atoms with E-state index >= 15 is 0 Å². The molecule has 1 saturated heterocycles. The molecule has 1 aliphatic heterocycles. The van der Waals surface area contributed by atoms with Gasteiger partial charge >= 0.3 is 6.18 Å². The van der Waals surface area contributed by atoms with E-state index in [2.05, 4.69) is 15.2 Å². The molecule has 0 spiro atoms. The Morgan fingerprint density at radius 1 is 1.25 bits per heavy atom. The van der Waals surface area contributed by atoms with Crippen molar-refractivity contribution in [3.63, 3.8) is 0 Å². The summed E-state index contributed by atoms with van der Waals surface area (Å²) >= 11 is 1.60. The van der Waals surface area contributed by atoms with E-state index in [1.54, 1.807) is 11.3 Å². The largest absolute Gasteiger partial charge is 0.401 e. The van der Waals surface area contributed by atoms with Crippen molar-refractivity contribution in [3.05, 3.63) is 11.1 Å². The number of halogens is 3. The van der Waals surface area contributed by atoms with Gasteiger partial charge in [0.2, 0.25) is 0 Å². The topological polar surface area (TPSA) is 31.4 Å². The van der Waals surface area contributed by atoms with Gasteiger partial charge in [0.15, 0.2) is 5.13 Å². The van der Waals surface area contributed by atoms with Crippen molar-refractivity contribution in [1.82, 2.24) is 14.8 Å². The van der Waals surface area contributed by atoms with Gasteiger partial charge in [0.1, 0.15) is 0 Å². The molecule has 1 aromatic rings. The van der Waals surface area contributed by atoms with Crippen LogP contribution in [0.4, 0.5) is 18.3 Å². The lowest BCUT2D eigenvalue weighted by Crippen LogP contribution is -2.48. The molecule has 0 aromatic carbocycles. The van der Waals surface area contributed by atoms with E-state index in [-0.39, 0.29) is 0 Å². The van der Waals surface area contributed by atoms with Gasteiger partial charge in [-0.15, -0.1) is 11.3 Å². The molecule has 4 nitrogen and oxygen atoms in total. The van der Waals surface area contributed by atoms with Gasteiger partial charge in [-0.05, 0) is 6.92 Å². The van der Waals surface area contributed by atoms with E-state index in [4.69, 9.17) is 0 Å². The molecule has 0 saturated carbocycles. The SMILES string of the molecule is CCNc1ncc(CN2CCN(CC(F)(F)F)CC2)s1. The molecule has 0 atom stereocenters. The number of anilines is 1. The quantitative estimate of drug-likeness (QED) is 0.904. The highest BCUT2D eigenvalue weighted by Gasteiger charge is 2.32. The first kappa shape index (κ1) is 15.5. The highest BCUT2D eigenvalue weighted by Crippen LogP contribution is 2.21. The molecule has 1 aromatic heterocycles. The number of thiazole rings is 1. The molecule has 2 heterocycles. The molecule has 0 unspecified atom stereocenters. The molecular formula is C12H19F3N4S. The molecule has 114 valence electrons. The monoisotopic (exact) mass is 308 g/mol. The van der Waals surface area contributed by atoms with Crippen LogP contribution in [0.25, 0.3) is 0 Å². The van der Waals surface area contributed by atoms with Gasteiger partial charge < -0.3 is 5.32 Å². The van der Waals surface area contributed by atoms with Gasteiger partial charge in [-0.3, -0.25) is 9.80 Å². The predicted octanol–water partition coefficient (Wildman–Crippen LogP) is 2.25. The summed E-state index contributed by atoms with van der Waals surface area (Å²) in [6, 6.07) is 0. The van der Waals surface area contributed by atoms with Crippen molar-refractivity contribution in [2.45, 2.75) is 19.6 Å². The normalized spacial score (nSPS) is 18.4. The van der Waals surface area contributed by atoms with Crippen LogP contribution in [0, 0.1) is 0 Å². The summed E-state index contributed by atoms with van der Waals surface area (Å²) in [5, 5.41) is 4.05. The third kappa shape index (κ3) is 4.92. The Morgan fingerprint density at radius 3 is 2.50 bits per heavy atom. The van der Waals surface area contributed by atoms with Crippen molar-refractivity contribution in [1.29, 1.82) is 0 Å². The molecule has 8 heteroatoms. The second-order valence-corrected chi connectivity index (χ2v) is 5.94. The molecule has 0 amide bonds. The predicted molar refractivity (Wildman–Crippen MR) is 74.0 cm³/mol. The summed E-state index contributed by atoms with van der Waals surface area (Å²) in [5.41, 5.74) is 0. The summed E-state index contributed by atoms with van der Waals surface area (Å²) in [5.74, 6) is 0. The average molecular weight is 308 g/mol. The first-order valence-electron chi connectivity index (χ1n) is 6.66. The second kappa shape index (κ2) is 6.73. The Labute approximate surface area is 120 Å². The summed E-state index contributed by atoms with van der Waals surface area (Å²) < 4.78 is 36.9. The average Bonchev–Trinajstić information content (AvgIpc) is 2.78. The maximum Gasteiger partial charge on any atom is 0.401 e. The number of hydrogen-bond acceptors (Lipinski definition) is 5. The van der Waals surface area contributed by atoms with Gasteiger partial charge in [0.25, 0.3) is 0 Å². The van der Waals surface area contributed by atoms with Crippen LogP contribution in [-0.4, -0.2) is 60.2 Å². The first-order chi connectivity index (χ1) is 9.46. The van der Waals surface area contributed by atoms with Crippen LogP contribution in [0.1, 0.15) is 11.8 Å². The number of nitrogens with zero attached hydrogens (tertiary/aromatic N) is 3. The van der Waals surface area contributed by atoms with Crippen LogP contribution in [0.15, 0.2) is 6.20 Å². The van der Waals surface area contributed by atoms with Crippen LogP contribution in [0.2, 0.25) is 0 Å². The summed E-state index contributed by atoms with van der Waals surface area (Å²) in [6.07, 6.45) is -2.26. The molecule has 0 aliphatic carbocycles. The van der Waals surface area contributed by atoms with Crippen molar-refractivity contribution in [2.75, 3.05) is 44.6 Å². The third-order valence-corrected chi connectivity index (χ3v) is 4.07. The number of hydrogen-bond donors (Lipinski definition) is 1. The molecule has 1 N–H and O–H groups in total. The van der Waals surface area contributed by atoms with E-state index in [0.29, 0.717) is 26.2 Å². The minimum atomic E-state index is -4.10. The molecule has 0 bridgehead atoms. The molecule has 1 fully saturated rings. The molecular weight excluding hydrogens is 289 g/mol. The van der Waals surface area contributed by atoms with Crippen LogP contribution in [0.3, 0.4) is 0 Å². The zero-order valence-corrected chi connectivity index (χ0v) is 12.2. The number of nitrogens with one attached hydrogen (secondary N) is 1. The lowest BCUT2D eigenvalue weighted by atomic mass is 10.3. The van der Waals surface area contributed by atoms with E-state index in [1.807, 2.05) is 13.1 Å². The number of aromatic nitrogens is 1. The number of alkyl halides is 3. The molecule has 2 rings (SSSR count). The highest BCUT2D eigenvalue weighted by atomic mass is 32.1. The minimum absolute atomic E-state index is 0.471. The van der Waals surface area contributed by atoms with Crippen LogP contribution < -0.4 is 5.32 Å². The van der Waals surface area contributed by atoms with Crippen LogP contribution in [0.5, 0.6) is 0 Å². The molecule has 20 heavy (non-hydrogen) atoms. The summed E-state index contributed by atoms with van der Waals surface area (Å²) in [4.78, 5) is 9.04. The van der Waals surface area contributed by atoms with Crippen molar-refractivity contribution < 1.29 is 13.2 Å². The summed E-state index contributed by atoms with van der Waals surface area (Å²) in [6.45, 7) is 5.10. The Hall–Kier alpha value is -0.860. The Balaban J connectivity index is 1.76. The van der Waals surface area contributed by atoms with Gasteiger partial charge in [-0.2, -0.15) is 13.2 Å². The van der Waals surface area contributed by atoms with Crippen LogP contribution >= 0.6 is 11.3 Å². The minimum Gasteiger partial charge on any atom is -0.362 e. The van der Waals surface area contributed by atoms with E-state index in [0.717, 1.165) is 23.1 Å².